The highest BCUT2D eigenvalue weighted by Crippen LogP contribution is 2.44. The maximum atomic E-state index is 12.3. The molecule has 2 heterocycles. The van der Waals surface area contributed by atoms with E-state index in [1.165, 1.54) is 0 Å². The quantitative estimate of drug-likeness (QED) is 0.849. The summed E-state index contributed by atoms with van der Waals surface area (Å²) < 4.78 is 17.4. The molecule has 0 amide bonds. The first-order chi connectivity index (χ1) is 8.60. The van der Waals surface area contributed by atoms with Crippen molar-refractivity contribution in [2.75, 3.05) is 0 Å². The summed E-state index contributed by atoms with van der Waals surface area (Å²) in [6.45, 7) is 12.7. The van der Waals surface area contributed by atoms with Crippen LogP contribution in [0, 0.1) is 5.41 Å². The zero-order valence-electron chi connectivity index (χ0n) is 12.7. The number of nitrogens with zero attached hydrogens (tertiary/aromatic N) is 2. The van der Waals surface area contributed by atoms with Crippen molar-refractivity contribution in [1.82, 2.24) is 14.5 Å². The molecule has 0 spiro atoms. The fourth-order valence-corrected chi connectivity index (χ4v) is 3.27. The van der Waals surface area contributed by atoms with Crippen molar-refractivity contribution in [2.24, 2.45) is 5.41 Å². The highest BCUT2D eigenvalue weighted by atomic mass is 32.2. The van der Waals surface area contributed by atoms with Gasteiger partial charge in [0.25, 0.3) is 0 Å². The summed E-state index contributed by atoms with van der Waals surface area (Å²) in [5.41, 5.74) is 1.30. The van der Waals surface area contributed by atoms with Crippen LogP contribution in [0.4, 0.5) is 0 Å². The summed E-state index contributed by atoms with van der Waals surface area (Å²) >= 11 is -1.05. The summed E-state index contributed by atoms with van der Waals surface area (Å²) in [4.78, 5) is 0. The van der Waals surface area contributed by atoms with Crippen LogP contribution in [0.15, 0.2) is 12.3 Å². The van der Waals surface area contributed by atoms with Gasteiger partial charge in [0, 0.05) is 17.6 Å². The van der Waals surface area contributed by atoms with Crippen molar-refractivity contribution in [3.8, 4) is 0 Å². The van der Waals surface area contributed by atoms with Crippen molar-refractivity contribution in [2.45, 2.75) is 64.8 Å². The van der Waals surface area contributed by atoms with Crippen molar-refractivity contribution in [3.05, 3.63) is 18.0 Å². The largest absolute Gasteiger partial charge is 0.598 e. The molecule has 0 fully saturated rings. The van der Waals surface area contributed by atoms with Crippen molar-refractivity contribution in [1.29, 1.82) is 0 Å². The molecule has 0 saturated carbocycles. The molecule has 5 heteroatoms. The second-order valence-electron chi connectivity index (χ2n) is 7.37. The normalized spacial score (nSPS) is 25.4. The van der Waals surface area contributed by atoms with Crippen LogP contribution in [-0.4, -0.2) is 19.1 Å². The van der Waals surface area contributed by atoms with Gasteiger partial charge >= 0.3 is 0 Å². The van der Waals surface area contributed by atoms with Gasteiger partial charge in [0.2, 0.25) is 0 Å². The minimum absolute atomic E-state index is 0.131. The maximum Gasteiger partial charge on any atom is 0.136 e. The summed E-state index contributed by atoms with van der Waals surface area (Å²) in [6, 6.07) is 2.52. The van der Waals surface area contributed by atoms with Crippen molar-refractivity contribution >= 4 is 11.4 Å². The van der Waals surface area contributed by atoms with E-state index in [1.54, 1.807) is 0 Å². The number of rotatable bonds is 2. The van der Waals surface area contributed by atoms with Crippen LogP contribution in [0.5, 0.6) is 0 Å². The first kappa shape index (κ1) is 14.9. The molecule has 108 valence electrons. The van der Waals surface area contributed by atoms with E-state index in [4.69, 9.17) is 0 Å². The Hall–Kier alpha value is -0.520. The van der Waals surface area contributed by atoms with Gasteiger partial charge in [0.15, 0.2) is 0 Å². The molecule has 1 aliphatic heterocycles. The lowest BCUT2D eigenvalue weighted by atomic mass is 9.85. The third-order valence-electron chi connectivity index (χ3n) is 3.62. The van der Waals surface area contributed by atoms with Crippen molar-refractivity contribution in [3.63, 3.8) is 0 Å². The second-order valence-corrected chi connectivity index (χ2v) is 9.37. The minimum Gasteiger partial charge on any atom is -0.598 e. The third-order valence-corrected chi connectivity index (χ3v) is 5.23. The molecule has 0 aromatic carbocycles. The number of hydrogen-bond acceptors (Lipinski definition) is 3. The monoisotopic (exact) mass is 283 g/mol. The van der Waals surface area contributed by atoms with Gasteiger partial charge in [0.1, 0.15) is 4.75 Å². The van der Waals surface area contributed by atoms with E-state index in [-0.39, 0.29) is 16.2 Å². The van der Waals surface area contributed by atoms with Gasteiger partial charge in [-0.15, -0.1) is 4.72 Å². The van der Waals surface area contributed by atoms with Crippen LogP contribution in [0.25, 0.3) is 0 Å². The van der Waals surface area contributed by atoms with Gasteiger partial charge in [0.05, 0.1) is 17.8 Å². The highest BCUT2D eigenvalue weighted by Gasteiger charge is 2.41. The fourth-order valence-electron chi connectivity index (χ4n) is 2.44. The molecule has 3 atom stereocenters. The van der Waals surface area contributed by atoms with Gasteiger partial charge in [-0.25, -0.2) is 0 Å². The molecule has 19 heavy (non-hydrogen) atoms. The molecule has 0 bridgehead atoms. The van der Waals surface area contributed by atoms with E-state index < -0.39 is 11.4 Å². The lowest BCUT2D eigenvalue weighted by Gasteiger charge is -2.28. The van der Waals surface area contributed by atoms with Crippen LogP contribution in [-0.2, 0) is 11.4 Å². The van der Waals surface area contributed by atoms with E-state index in [9.17, 15) is 4.55 Å². The molecular weight excluding hydrogens is 258 g/mol. The lowest BCUT2D eigenvalue weighted by Crippen LogP contribution is -2.40. The van der Waals surface area contributed by atoms with Gasteiger partial charge in [-0.3, -0.25) is 4.68 Å². The van der Waals surface area contributed by atoms with E-state index in [1.807, 2.05) is 33.0 Å². The predicted molar refractivity (Wildman–Crippen MR) is 79.1 cm³/mol. The van der Waals surface area contributed by atoms with Gasteiger partial charge in [-0.1, -0.05) is 20.8 Å². The Morgan fingerprint density at radius 1 is 1.32 bits per heavy atom. The number of nitrogens with one attached hydrogen (secondary N) is 1. The molecule has 1 aromatic heterocycles. The Kier molecular flexibility index (Phi) is 3.75. The van der Waals surface area contributed by atoms with Crippen LogP contribution in [0.3, 0.4) is 0 Å². The zero-order chi connectivity index (χ0) is 14.4. The van der Waals surface area contributed by atoms with E-state index in [2.05, 4.69) is 35.3 Å². The summed E-state index contributed by atoms with van der Waals surface area (Å²) in [5.74, 6) is 0. The predicted octanol–water partition coefficient (Wildman–Crippen LogP) is 2.97. The van der Waals surface area contributed by atoms with E-state index in [0.29, 0.717) is 6.04 Å². The Morgan fingerprint density at radius 2 is 1.95 bits per heavy atom. The summed E-state index contributed by atoms with van der Waals surface area (Å²) in [6.07, 6.45) is 2.79. The fraction of sp³-hybridized carbons (Fsp3) is 0.786. The van der Waals surface area contributed by atoms with Crippen LogP contribution in [0.1, 0.15) is 65.7 Å². The molecule has 0 saturated heterocycles. The summed E-state index contributed by atoms with van der Waals surface area (Å²) in [5, 5.41) is 4.44. The number of aromatic nitrogens is 2. The van der Waals surface area contributed by atoms with Crippen LogP contribution >= 0.6 is 0 Å². The topological polar surface area (TPSA) is 52.9 Å². The SMILES string of the molecule is CC(C)(C)[C@@H]1C[C@H](N[S+]([O-])C(C)(C)C)c2ccnn21. The van der Waals surface area contributed by atoms with Crippen molar-refractivity contribution < 1.29 is 4.55 Å². The van der Waals surface area contributed by atoms with Crippen LogP contribution in [0.2, 0.25) is 0 Å². The maximum absolute atomic E-state index is 12.3. The average molecular weight is 283 g/mol. The van der Waals surface area contributed by atoms with E-state index >= 15 is 0 Å². The standard InChI is InChI=1S/C14H25N3OS/c1-13(2,3)12-9-10(11-7-8-15-17(11)12)16-19(18)14(4,5)6/h7-8,10,12,16H,9H2,1-6H3/t10-,12-,19?/m0/s1. The van der Waals surface area contributed by atoms with Crippen LogP contribution < -0.4 is 4.72 Å². The second kappa shape index (κ2) is 4.79. The number of fused-ring (bicyclic) bond motifs is 1. The molecule has 1 aliphatic rings. The van der Waals surface area contributed by atoms with E-state index in [0.717, 1.165) is 12.1 Å². The Bertz CT molecular complexity index is 444. The van der Waals surface area contributed by atoms with Gasteiger partial charge < -0.3 is 4.55 Å². The van der Waals surface area contributed by atoms with Gasteiger partial charge in [-0.2, -0.15) is 5.10 Å². The Labute approximate surface area is 119 Å². The zero-order valence-corrected chi connectivity index (χ0v) is 13.5. The Balaban J connectivity index is 2.19. The lowest BCUT2D eigenvalue weighted by molar-refractivity contribution is 0.229. The molecule has 1 N–H and O–H groups in total. The molecular formula is C14H25N3OS. The minimum atomic E-state index is -1.05. The molecule has 1 aromatic rings. The smallest absolute Gasteiger partial charge is 0.136 e. The molecule has 0 aliphatic carbocycles. The first-order valence-corrected chi connectivity index (χ1v) is 7.97. The summed E-state index contributed by atoms with van der Waals surface area (Å²) in [7, 11) is 0. The highest BCUT2D eigenvalue weighted by molar-refractivity contribution is 7.90. The average Bonchev–Trinajstić information content (AvgIpc) is 2.77. The molecule has 2 rings (SSSR count). The molecule has 4 nitrogen and oxygen atoms in total. The molecule has 0 radical (unpaired) electrons. The first-order valence-electron chi connectivity index (χ1n) is 6.82. The number of hydrogen-bond donors (Lipinski definition) is 1. The van der Waals surface area contributed by atoms with Gasteiger partial charge in [-0.05, 0) is 38.7 Å². The third kappa shape index (κ3) is 2.98. The molecule has 1 unspecified atom stereocenters. The Morgan fingerprint density at radius 3 is 2.47 bits per heavy atom.